The summed E-state index contributed by atoms with van der Waals surface area (Å²) < 4.78 is 2.01. The summed E-state index contributed by atoms with van der Waals surface area (Å²) in [5, 5.41) is 11.3. The Kier molecular flexibility index (Phi) is 1.87. The van der Waals surface area contributed by atoms with Gasteiger partial charge in [-0.2, -0.15) is 0 Å². The molecule has 0 spiro atoms. The van der Waals surface area contributed by atoms with Gasteiger partial charge in [0.25, 0.3) is 0 Å². The lowest BCUT2D eigenvalue weighted by Crippen LogP contribution is -2.07. The number of aliphatic carboxylic acids is 1. The normalized spacial score (nSPS) is 13.8. The van der Waals surface area contributed by atoms with Crippen LogP contribution < -0.4 is 0 Å². The highest BCUT2D eigenvalue weighted by molar-refractivity contribution is 6.00. The summed E-state index contributed by atoms with van der Waals surface area (Å²) in [6.07, 6.45) is 3.43. The Morgan fingerprint density at radius 1 is 1.32 bits per heavy atom. The van der Waals surface area contributed by atoms with Crippen molar-refractivity contribution in [2.45, 2.75) is 6.54 Å². The van der Waals surface area contributed by atoms with E-state index in [-0.39, 0.29) is 0 Å². The van der Waals surface area contributed by atoms with Crippen molar-refractivity contribution < 1.29 is 9.90 Å². The fourth-order valence-electron chi connectivity index (χ4n) is 2.69. The largest absolute Gasteiger partial charge is 0.478 e. The van der Waals surface area contributed by atoms with E-state index in [1.165, 1.54) is 0 Å². The van der Waals surface area contributed by atoms with E-state index in [0.29, 0.717) is 12.1 Å². The lowest BCUT2D eigenvalue weighted by atomic mass is 10.2. The number of hydrogen-bond donors (Lipinski definition) is 1. The maximum Gasteiger partial charge on any atom is 0.333 e. The summed E-state index contributed by atoms with van der Waals surface area (Å²) in [6, 6.07) is 10.1. The second kappa shape index (κ2) is 3.45. The monoisotopic (exact) mass is 250 g/mol. The molecule has 4 heteroatoms. The molecule has 0 radical (unpaired) electrons. The highest BCUT2D eigenvalue weighted by Gasteiger charge is 2.23. The van der Waals surface area contributed by atoms with Gasteiger partial charge < -0.3 is 9.67 Å². The summed E-state index contributed by atoms with van der Waals surface area (Å²) in [5.74, 6) is -0.868. The number of fused-ring (bicyclic) bond motifs is 5. The predicted molar refractivity (Wildman–Crippen MR) is 72.0 cm³/mol. The number of hydrogen-bond acceptors (Lipinski definition) is 2. The molecule has 3 aliphatic rings. The lowest BCUT2D eigenvalue weighted by molar-refractivity contribution is -0.132. The average molecular weight is 250 g/mol. The van der Waals surface area contributed by atoms with E-state index < -0.39 is 5.97 Å². The van der Waals surface area contributed by atoms with Crippen molar-refractivity contribution in [3.8, 4) is 11.4 Å². The Bertz CT molecular complexity index is 829. The zero-order valence-corrected chi connectivity index (χ0v) is 10.00. The summed E-state index contributed by atoms with van der Waals surface area (Å²) >= 11 is 0. The van der Waals surface area contributed by atoms with Gasteiger partial charge in [0.1, 0.15) is 0 Å². The lowest BCUT2D eigenvalue weighted by Gasteiger charge is -2.10. The van der Waals surface area contributed by atoms with E-state index >= 15 is 0 Å². The van der Waals surface area contributed by atoms with Crippen LogP contribution in [0.3, 0.4) is 0 Å². The minimum absolute atomic E-state index is 0.402. The van der Waals surface area contributed by atoms with Crippen LogP contribution in [0.25, 0.3) is 28.2 Å². The molecule has 1 aromatic carbocycles. The molecule has 1 N–H and O–H groups in total. The first-order chi connectivity index (χ1) is 9.24. The topological polar surface area (TPSA) is 55.1 Å². The highest BCUT2D eigenvalue weighted by atomic mass is 16.4. The minimum Gasteiger partial charge on any atom is -0.478 e. The van der Waals surface area contributed by atoms with Gasteiger partial charge in [0.05, 0.1) is 35.4 Å². The third-order valence-electron chi connectivity index (χ3n) is 3.60. The molecule has 0 saturated carbocycles. The molecule has 1 aliphatic carbocycles. The smallest absolute Gasteiger partial charge is 0.333 e. The van der Waals surface area contributed by atoms with Gasteiger partial charge >= 0.3 is 5.97 Å². The molecule has 1 aromatic rings. The van der Waals surface area contributed by atoms with Gasteiger partial charge in [0.15, 0.2) is 0 Å². The molecule has 92 valence electrons. The second-order valence-corrected chi connectivity index (χ2v) is 4.71. The summed E-state index contributed by atoms with van der Waals surface area (Å²) in [4.78, 5) is 15.6. The molecule has 2 aliphatic heterocycles. The number of aromatic nitrogens is 2. The van der Waals surface area contributed by atoms with Gasteiger partial charge in [-0.1, -0.05) is 24.3 Å². The molecule has 2 heterocycles. The molecule has 0 fully saturated rings. The van der Waals surface area contributed by atoms with Gasteiger partial charge in [-0.3, -0.25) is 4.98 Å². The Morgan fingerprint density at radius 2 is 2.16 bits per heavy atom. The fourth-order valence-corrected chi connectivity index (χ4v) is 2.69. The number of rotatable bonds is 1. The van der Waals surface area contributed by atoms with Crippen LogP contribution in [0.1, 0.15) is 5.69 Å². The van der Waals surface area contributed by atoms with Crippen LogP contribution in [0.2, 0.25) is 0 Å². The molecular formula is C15H10N2O2. The molecule has 0 atom stereocenters. The maximum atomic E-state index is 11.1. The Hall–Kier alpha value is -2.62. The van der Waals surface area contributed by atoms with Crippen molar-refractivity contribution in [1.29, 1.82) is 0 Å². The summed E-state index contributed by atoms with van der Waals surface area (Å²) in [5.41, 5.74) is 3.17. The summed E-state index contributed by atoms with van der Waals surface area (Å²) in [6.45, 7) is 0.403. The number of carboxylic acid groups (broad SMARTS) is 1. The zero-order chi connectivity index (χ0) is 13.0. The first-order valence-electron chi connectivity index (χ1n) is 6.05. The fraction of sp³-hybridized carbons (Fsp3) is 0.0667. The van der Waals surface area contributed by atoms with Crippen LogP contribution in [0.5, 0.6) is 0 Å². The number of benzene rings is 1. The maximum absolute atomic E-state index is 11.1. The van der Waals surface area contributed by atoms with Crippen LogP contribution in [0.4, 0.5) is 0 Å². The number of nitrogens with zero attached hydrogens (tertiary/aromatic N) is 2. The highest BCUT2D eigenvalue weighted by Crippen LogP contribution is 2.35. The quantitative estimate of drug-likeness (QED) is 0.722. The Labute approximate surface area is 109 Å². The van der Waals surface area contributed by atoms with Crippen LogP contribution >= 0.6 is 0 Å². The Balaban J connectivity index is 2.00. The van der Waals surface area contributed by atoms with Crippen molar-refractivity contribution in [1.82, 2.24) is 9.55 Å². The molecule has 0 unspecified atom stereocenters. The second-order valence-electron chi connectivity index (χ2n) is 4.71. The predicted octanol–water partition coefficient (Wildman–Crippen LogP) is 2.62. The van der Waals surface area contributed by atoms with Crippen LogP contribution in [0, 0.1) is 0 Å². The van der Waals surface area contributed by atoms with Gasteiger partial charge in [0, 0.05) is 5.39 Å². The van der Waals surface area contributed by atoms with Crippen molar-refractivity contribution in [3.05, 3.63) is 47.8 Å². The molecule has 4 nitrogen and oxygen atoms in total. The van der Waals surface area contributed by atoms with Crippen molar-refractivity contribution >= 4 is 22.8 Å². The van der Waals surface area contributed by atoms with Crippen LogP contribution in [-0.2, 0) is 11.3 Å². The minimum atomic E-state index is -0.868. The SMILES string of the molecule is O=C(O)C1=Cc2cnc3c4ccccc4cc-3n2C1. The van der Waals surface area contributed by atoms with E-state index in [0.717, 1.165) is 27.9 Å². The van der Waals surface area contributed by atoms with E-state index in [2.05, 4.69) is 11.1 Å². The number of carboxylic acids is 1. The van der Waals surface area contributed by atoms with E-state index in [1.54, 1.807) is 12.3 Å². The van der Waals surface area contributed by atoms with Crippen molar-refractivity contribution in [2.75, 3.05) is 0 Å². The van der Waals surface area contributed by atoms with Crippen LogP contribution in [-0.4, -0.2) is 20.6 Å². The van der Waals surface area contributed by atoms with Gasteiger partial charge in [-0.15, -0.1) is 0 Å². The molecule has 0 bridgehead atoms. The van der Waals surface area contributed by atoms with Crippen LogP contribution in [0.15, 0.2) is 42.1 Å². The Morgan fingerprint density at radius 3 is 3.00 bits per heavy atom. The molecule has 19 heavy (non-hydrogen) atoms. The molecular weight excluding hydrogens is 240 g/mol. The van der Waals surface area contributed by atoms with Gasteiger partial charge in [0.2, 0.25) is 0 Å². The van der Waals surface area contributed by atoms with E-state index in [9.17, 15) is 4.79 Å². The summed E-state index contributed by atoms with van der Waals surface area (Å²) in [7, 11) is 0. The molecule has 0 amide bonds. The third kappa shape index (κ3) is 1.34. The van der Waals surface area contributed by atoms with Gasteiger partial charge in [-0.25, -0.2) is 4.79 Å². The third-order valence-corrected chi connectivity index (χ3v) is 3.60. The molecule has 0 saturated heterocycles. The van der Waals surface area contributed by atoms with Crippen molar-refractivity contribution in [2.24, 2.45) is 0 Å². The molecule has 0 aromatic heterocycles. The molecule has 4 rings (SSSR count). The van der Waals surface area contributed by atoms with E-state index in [4.69, 9.17) is 5.11 Å². The first kappa shape index (κ1) is 10.3. The first-order valence-corrected chi connectivity index (χ1v) is 6.05. The number of carbonyl (C=O) groups is 1. The standard InChI is InChI=1S/C15H10N2O2/c18-15(19)10-5-11-7-16-14-12-4-2-1-3-9(12)6-13(14)17(11)8-10/h1-7H,8H2,(H,18,19). The zero-order valence-electron chi connectivity index (χ0n) is 10.00. The van der Waals surface area contributed by atoms with E-state index in [1.807, 2.05) is 28.8 Å². The van der Waals surface area contributed by atoms with Crippen molar-refractivity contribution in [3.63, 3.8) is 0 Å². The average Bonchev–Trinajstić information content (AvgIpc) is 2.99. The van der Waals surface area contributed by atoms with Gasteiger partial charge in [-0.05, 0) is 17.5 Å².